The maximum atomic E-state index is 5.71. The van der Waals surface area contributed by atoms with Crippen LogP contribution in [0.15, 0.2) is 22.7 Å². The van der Waals surface area contributed by atoms with Crippen molar-refractivity contribution in [2.75, 3.05) is 13.2 Å². The first kappa shape index (κ1) is 13.5. The van der Waals surface area contributed by atoms with Crippen molar-refractivity contribution < 1.29 is 4.74 Å². The third-order valence-electron chi connectivity index (χ3n) is 3.01. The molecule has 98 valence electrons. The van der Waals surface area contributed by atoms with Crippen LogP contribution in [0.5, 0.6) is 0 Å². The zero-order chi connectivity index (χ0) is 13.1. The molecular formula is C13H18BrN3O. The van der Waals surface area contributed by atoms with Crippen LogP contribution in [0, 0.1) is 0 Å². The summed E-state index contributed by atoms with van der Waals surface area (Å²) in [7, 11) is 2.03. The van der Waals surface area contributed by atoms with Crippen molar-refractivity contribution in [3.8, 4) is 0 Å². The summed E-state index contributed by atoms with van der Waals surface area (Å²) in [5.41, 5.74) is 7.83. The fourth-order valence-corrected chi connectivity index (χ4v) is 2.40. The lowest BCUT2D eigenvalue weighted by atomic mass is 10.2. The van der Waals surface area contributed by atoms with Crippen LogP contribution in [-0.4, -0.2) is 28.8 Å². The third kappa shape index (κ3) is 2.74. The van der Waals surface area contributed by atoms with E-state index in [0.29, 0.717) is 13.2 Å². The molecule has 1 atom stereocenters. The number of hydrogen-bond acceptors (Lipinski definition) is 3. The van der Waals surface area contributed by atoms with E-state index in [1.165, 1.54) is 0 Å². The van der Waals surface area contributed by atoms with Crippen molar-refractivity contribution in [2.24, 2.45) is 12.8 Å². The maximum absolute atomic E-state index is 5.71. The third-order valence-corrected chi connectivity index (χ3v) is 3.50. The van der Waals surface area contributed by atoms with Crippen LogP contribution in [0.1, 0.15) is 12.7 Å². The molecule has 0 aliphatic carbocycles. The number of hydrogen-bond donors (Lipinski definition) is 1. The largest absolute Gasteiger partial charge is 0.377 e. The molecule has 1 heterocycles. The number of ether oxygens (including phenoxy) is 1. The van der Waals surface area contributed by atoms with E-state index in [1.807, 2.05) is 26.1 Å². The first-order valence-corrected chi connectivity index (χ1v) is 6.87. The van der Waals surface area contributed by atoms with Crippen LogP contribution in [0.4, 0.5) is 0 Å². The number of nitrogens with zero attached hydrogens (tertiary/aromatic N) is 2. The Bertz CT molecular complexity index is 538. The van der Waals surface area contributed by atoms with Gasteiger partial charge < -0.3 is 15.0 Å². The van der Waals surface area contributed by atoms with Crippen LogP contribution < -0.4 is 5.73 Å². The number of fused-ring (bicyclic) bond motifs is 1. The van der Waals surface area contributed by atoms with E-state index in [-0.39, 0.29) is 6.10 Å². The molecule has 2 aromatic rings. The number of aryl methyl sites for hydroxylation is 1. The molecule has 5 heteroatoms. The lowest BCUT2D eigenvalue weighted by Crippen LogP contribution is -2.27. The van der Waals surface area contributed by atoms with Crippen molar-refractivity contribution in [1.82, 2.24) is 9.55 Å². The Morgan fingerprint density at radius 2 is 2.28 bits per heavy atom. The van der Waals surface area contributed by atoms with Gasteiger partial charge >= 0.3 is 0 Å². The van der Waals surface area contributed by atoms with E-state index >= 15 is 0 Å². The molecule has 0 saturated carbocycles. The monoisotopic (exact) mass is 311 g/mol. The molecule has 1 unspecified atom stereocenters. The van der Waals surface area contributed by atoms with E-state index in [4.69, 9.17) is 10.5 Å². The zero-order valence-electron chi connectivity index (χ0n) is 10.7. The standard InChI is InChI=1S/C13H18BrN3O/c1-3-18-10(8-15)7-13-16-11-6-9(14)4-5-12(11)17(13)2/h4-6,10H,3,7-8,15H2,1-2H3. The smallest absolute Gasteiger partial charge is 0.112 e. The second-order valence-electron chi connectivity index (χ2n) is 4.24. The van der Waals surface area contributed by atoms with Gasteiger partial charge in [0.2, 0.25) is 0 Å². The van der Waals surface area contributed by atoms with Gasteiger partial charge in [0.25, 0.3) is 0 Å². The average molecular weight is 312 g/mol. The highest BCUT2D eigenvalue weighted by atomic mass is 79.9. The van der Waals surface area contributed by atoms with Crippen molar-refractivity contribution in [2.45, 2.75) is 19.4 Å². The van der Waals surface area contributed by atoms with E-state index in [9.17, 15) is 0 Å². The highest BCUT2D eigenvalue weighted by molar-refractivity contribution is 9.10. The van der Waals surface area contributed by atoms with Crippen molar-refractivity contribution in [3.05, 3.63) is 28.5 Å². The Kier molecular flexibility index (Phi) is 4.37. The molecule has 0 aliphatic heterocycles. The summed E-state index contributed by atoms with van der Waals surface area (Å²) >= 11 is 3.46. The topological polar surface area (TPSA) is 53.1 Å². The first-order chi connectivity index (χ1) is 8.65. The first-order valence-electron chi connectivity index (χ1n) is 6.08. The minimum absolute atomic E-state index is 0.0361. The van der Waals surface area contributed by atoms with Crippen LogP contribution in [0.3, 0.4) is 0 Å². The summed E-state index contributed by atoms with van der Waals surface area (Å²) in [4.78, 5) is 4.64. The molecule has 2 N–H and O–H groups in total. The molecule has 1 aromatic carbocycles. The number of benzene rings is 1. The highest BCUT2D eigenvalue weighted by Crippen LogP contribution is 2.20. The lowest BCUT2D eigenvalue weighted by Gasteiger charge is -2.14. The molecule has 0 bridgehead atoms. The van der Waals surface area contributed by atoms with E-state index in [1.54, 1.807) is 0 Å². The normalized spacial score (nSPS) is 13.1. The highest BCUT2D eigenvalue weighted by Gasteiger charge is 2.13. The van der Waals surface area contributed by atoms with Crippen LogP contribution in [-0.2, 0) is 18.2 Å². The molecular weight excluding hydrogens is 294 g/mol. The fraction of sp³-hybridized carbons (Fsp3) is 0.462. The Morgan fingerprint density at radius 1 is 1.50 bits per heavy atom. The molecule has 0 aliphatic rings. The Hall–Kier alpha value is -0.910. The van der Waals surface area contributed by atoms with Crippen LogP contribution in [0.2, 0.25) is 0 Å². The van der Waals surface area contributed by atoms with Crippen molar-refractivity contribution in [1.29, 1.82) is 0 Å². The molecule has 2 rings (SSSR count). The maximum Gasteiger partial charge on any atom is 0.112 e. The number of aromatic nitrogens is 2. The van der Waals surface area contributed by atoms with Gasteiger partial charge in [0, 0.05) is 31.1 Å². The molecule has 4 nitrogen and oxygen atoms in total. The van der Waals surface area contributed by atoms with Gasteiger partial charge in [-0.15, -0.1) is 0 Å². The number of imidazole rings is 1. The van der Waals surface area contributed by atoms with Gasteiger partial charge in [-0.2, -0.15) is 0 Å². The minimum Gasteiger partial charge on any atom is -0.377 e. The molecule has 1 aromatic heterocycles. The molecule has 0 fully saturated rings. The zero-order valence-corrected chi connectivity index (χ0v) is 12.3. The predicted octanol–water partition coefficient (Wildman–Crippen LogP) is 2.24. The molecule has 0 spiro atoms. The lowest BCUT2D eigenvalue weighted by molar-refractivity contribution is 0.0677. The van der Waals surface area contributed by atoms with Gasteiger partial charge in [-0.3, -0.25) is 0 Å². The van der Waals surface area contributed by atoms with Gasteiger partial charge in [0.1, 0.15) is 5.82 Å². The SMILES string of the molecule is CCOC(CN)Cc1nc2cc(Br)ccc2n1C. The molecule has 0 amide bonds. The number of halogens is 1. The second kappa shape index (κ2) is 5.82. The van der Waals surface area contributed by atoms with Gasteiger partial charge in [-0.25, -0.2) is 4.98 Å². The van der Waals surface area contributed by atoms with E-state index < -0.39 is 0 Å². The predicted molar refractivity (Wildman–Crippen MR) is 76.6 cm³/mol. The quantitative estimate of drug-likeness (QED) is 0.921. The van der Waals surface area contributed by atoms with Crippen molar-refractivity contribution >= 4 is 27.0 Å². The minimum atomic E-state index is 0.0361. The summed E-state index contributed by atoms with van der Waals surface area (Å²) in [5, 5.41) is 0. The van der Waals surface area contributed by atoms with Gasteiger partial charge in [0.15, 0.2) is 0 Å². The Labute approximate surface area is 115 Å². The Balaban J connectivity index is 2.30. The average Bonchev–Trinajstić information content (AvgIpc) is 2.65. The van der Waals surface area contributed by atoms with Gasteiger partial charge in [-0.05, 0) is 25.1 Å². The summed E-state index contributed by atoms with van der Waals surface area (Å²) in [6.07, 6.45) is 0.779. The van der Waals surface area contributed by atoms with E-state index in [2.05, 4.69) is 31.5 Å². The van der Waals surface area contributed by atoms with Gasteiger partial charge in [-0.1, -0.05) is 15.9 Å². The Morgan fingerprint density at radius 3 is 2.94 bits per heavy atom. The summed E-state index contributed by atoms with van der Waals surface area (Å²) < 4.78 is 8.72. The molecule has 18 heavy (non-hydrogen) atoms. The molecule has 0 radical (unpaired) electrons. The van der Waals surface area contributed by atoms with Crippen LogP contribution >= 0.6 is 15.9 Å². The molecule has 0 saturated heterocycles. The number of nitrogens with two attached hydrogens (primary N) is 1. The fourth-order valence-electron chi connectivity index (χ4n) is 2.06. The summed E-state index contributed by atoms with van der Waals surface area (Å²) in [6, 6.07) is 6.11. The van der Waals surface area contributed by atoms with Gasteiger partial charge in [0.05, 0.1) is 17.1 Å². The number of rotatable bonds is 5. The van der Waals surface area contributed by atoms with E-state index in [0.717, 1.165) is 27.8 Å². The van der Waals surface area contributed by atoms with Crippen LogP contribution in [0.25, 0.3) is 11.0 Å². The summed E-state index contributed by atoms with van der Waals surface area (Å²) in [6.45, 7) is 3.17. The summed E-state index contributed by atoms with van der Waals surface area (Å²) in [5.74, 6) is 1.01. The van der Waals surface area contributed by atoms with Crippen molar-refractivity contribution in [3.63, 3.8) is 0 Å². The second-order valence-corrected chi connectivity index (χ2v) is 5.15.